The van der Waals surface area contributed by atoms with E-state index < -0.39 is 0 Å². The van der Waals surface area contributed by atoms with Crippen LogP contribution in [0.2, 0.25) is 0 Å². The Bertz CT molecular complexity index is 598. The van der Waals surface area contributed by atoms with Crippen LogP contribution in [0, 0.1) is 0 Å². The third kappa shape index (κ3) is 3.48. The van der Waals surface area contributed by atoms with Gasteiger partial charge in [-0.1, -0.05) is 37.1 Å². The summed E-state index contributed by atoms with van der Waals surface area (Å²) in [6.07, 6.45) is 8.32. The van der Waals surface area contributed by atoms with E-state index in [1.807, 2.05) is 0 Å². The van der Waals surface area contributed by atoms with Crippen LogP contribution in [0.5, 0.6) is 0 Å². The average molecular weight is 355 g/mol. The molecule has 0 radical (unpaired) electrons. The van der Waals surface area contributed by atoms with Gasteiger partial charge in [0.1, 0.15) is 0 Å². The number of hydrogen-bond donors (Lipinski definition) is 0. The highest BCUT2D eigenvalue weighted by Gasteiger charge is 2.51. The monoisotopic (exact) mass is 355 g/mol. The van der Waals surface area contributed by atoms with Crippen LogP contribution in [0.3, 0.4) is 0 Å². The van der Waals surface area contributed by atoms with E-state index in [1.54, 1.807) is 0 Å². The highest BCUT2D eigenvalue weighted by Crippen LogP contribution is 2.37. The van der Waals surface area contributed by atoms with Crippen LogP contribution in [-0.4, -0.2) is 42.4 Å². The molecule has 0 amide bonds. The van der Waals surface area contributed by atoms with Crippen molar-refractivity contribution in [3.8, 4) is 0 Å². The summed E-state index contributed by atoms with van der Waals surface area (Å²) in [5, 5.41) is 0. The van der Waals surface area contributed by atoms with Gasteiger partial charge in [0.05, 0.1) is 11.2 Å². The first kappa shape index (κ1) is 18.5. The fourth-order valence-corrected chi connectivity index (χ4v) is 4.77. The van der Waals surface area contributed by atoms with Crippen molar-refractivity contribution in [1.82, 2.24) is 4.90 Å². The molecule has 2 aliphatic heterocycles. The van der Waals surface area contributed by atoms with Crippen LogP contribution in [0.15, 0.2) is 24.3 Å². The quantitative estimate of drug-likeness (QED) is 0.762. The molecule has 3 nitrogen and oxygen atoms in total. The molecule has 1 aromatic carbocycles. The van der Waals surface area contributed by atoms with Gasteiger partial charge < -0.3 is 14.2 Å². The van der Waals surface area contributed by atoms with Gasteiger partial charge in [-0.3, -0.25) is 0 Å². The SMILES string of the molecule is CC1(C)OB(c2ccc(C3CCN(C4CCCC4)CC3)cc2)OC1(C)C. The van der Waals surface area contributed by atoms with Gasteiger partial charge in [0.15, 0.2) is 0 Å². The maximum Gasteiger partial charge on any atom is 0.494 e. The van der Waals surface area contributed by atoms with Crippen LogP contribution in [-0.2, 0) is 9.31 Å². The summed E-state index contributed by atoms with van der Waals surface area (Å²) in [7, 11) is -0.252. The molecule has 0 atom stereocenters. The summed E-state index contributed by atoms with van der Waals surface area (Å²) in [4.78, 5) is 2.75. The molecular weight excluding hydrogens is 321 g/mol. The van der Waals surface area contributed by atoms with Crippen molar-refractivity contribution in [2.45, 2.75) is 89.4 Å². The standard InChI is InChI=1S/C22H34BNO2/c1-21(2)22(3,4)26-23(25-21)19-11-9-17(10-12-19)18-13-15-24(16-14-18)20-7-5-6-8-20/h9-12,18,20H,5-8,13-16H2,1-4H3. The lowest BCUT2D eigenvalue weighted by atomic mass is 9.77. The topological polar surface area (TPSA) is 21.7 Å². The lowest BCUT2D eigenvalue weighted by molar-refractivity contribution is 0.00578. The fraction of sp³-hybridized carbons (Fsp3) is 0.727. The zero-order valence-electron chi connectivity index (χ0n) is 17.0. The van der Waals surface area contributed by atoms with Gasteiger partial charge in [0.2, 0.25) is 0 Å². The summed E-state index contributed by atoms with van der Waals surface area (Å²) in [5.41, 5.74) is 2.07. The molecular formula is C22H34BNO2. The van der Waals surface area contributed by atoms with Gasteiger partial charge in [-0.05, 0) is 83.4 Å². The number of hydrogen-bond acceptors (Lipinski definition) is 3. The molecule has 2 heterocycles. The predicted octanol–water partition coefficient (Wildman–Crippen LogP) is 4.11. The molecule has 0 aromatic heterocycles. The minimum atomic E-state index is -0.274. The highest BCUT2D eigenvalue weighted by atomic mass is 16.7. The van der Waals surface area contributed by atoms with Crippen LogP contribution in [0.4, 0.5) is 0 Å². The Kier molecular flexibility index (Phi) is 4.96. The molecule has 26 heavy (non-hydrogen) atoms. The van der Waals surface area contributed by atoms with Crippen molar-refractivity contribution in [3.05, 3.63) is 29.8 Å². The lowest BCUT2D eigenvalue weighted by Crippen LogP contribution is -2.41. The normalized spacial score (nSPS) is 27.3. The molecule has 1 saturated carbocycles. The average Bonchev–Trinajstić information content (AvgIpc) is 3.22. The van der Waals surface area contributed by atoms with Gasteiger partial charge >= 0.3 is 7.12 Å². The second kappa shape index (κ2) is 6.96. The molecule has 4 rings (SSSR count). The lowest BCUT2D eigenvalue weighted by Gasteiger charge is -2.36. The van der Waals surface area contributed by atoms with Gasteiger partial charge in [-0.2, -0.15) is 0 Å². The van der Waals surface area contributed by atoms with Crippen molar-refractivity contribution >= 4 is 12.6 Å². The number of likely N-dealkylation sites (tertiary alicyclic amines) is 1. The summed E-state index contributed by atoms with van der Waals surface area (Å²) >= 11 is 0. The predicted molar refractivity (Wildman–Crippen MR) is 108 cm³/mol. The van der Waals surface area contributed by atoms with Crippen molar-refractivity contribution in [1.29, 1.82) is 0 Å². The zero-order chi connectivity index (χ0) is 18.4. The first-order valence-corrected chi connectivity index (χ1v) is 10.6. The fourth-order valence-electron chi connectivity index (χ4n) is 4.77. The number of piperidine rings is 1. The molecule has 0 unspecified atom stereocenters. The van der Waals surface area contributed by atoms with Crippen molar-refractivity contribution in [2.75, 3.05) is 13.1 Å². The van der Waals surface area contributed by atoms with Crippen LogP contribution in [0.25, 0.3) is 0 Å². The Balaban J connectivity index is 1.37. The molecule has 0 N–H and O–H groups in total. The van der Waals surface area contributed by atoms with Gasteiger partial charge in [-0.25, -0.2) is 0 Å². The minimum Gasteiger partial charge on any atom is -0.399 e. The van der Waals surface area contributed by atoms with Gasteiger partial charge in [0.25, 0.3) is 0 Å². The largest absolute Gasteiger partial charge is 0.494 e. The summed E-state index contributed by atoms with van der Waals surface area (Å²) in [6, 6.07) is 9.90. The number of nitrogens with zero attached hydrogens (tertiary/aromatic N) is 1. The summed E-state index contributed by atoms with van der Waals surface area (Å²) < 4.78 is 12.4. The van der Waals surface area contributed by atoms with Crippen LogP contribution < -0.4 is 5.46 Å². The van der Waals surface area contributed by atoms with E-state index in [-0.39, 0.29) is 18.3 Å². The van der Waals surface area contributed by atoms with E-state index in [1.165, 1.54) is 57.2 Å². The van der Waals surface area contributed by atoms with Gasteiger partial charge in [-0.15, -0.1) is 0 Å². The van der Waals surface area contributed by atoms with Crippen LogP contribution >= 0.6 is 0 Å². The first-order chi connectivity index (χ1) is 12.4. The number of benzene rings is 1. The Morgan fingerprint density at radius 3 is 1.92 bits per heavy atom. The first-order valence-electron chi connectivity index (χ1n) is 10.6. The molecule has 1 aliphatic carbocycles. The van der Waals surface area contributed by atoms with E-state index in [4.69, 9.17) is 9.31 Å². The molecule has 142 valence electrons. The maximum absolute atomic E-state index is 6.18. The molecule has 4 heteroatoms. The molecule has 1 aromatic rings. The van der Waals surface area contributed by atoms with Gasteiger partial charge in [0, 0.05) is 6.04 Å². The van der Waals surface area contributed by atoms with E-state index in [9.17, 15) is 0 Å². The van der Waals surface area contributed by atoms with E-state index >= 15 is 0 Å². The second-order valence-electron chi connectivity index (χ2n) is 9.50. The summed E-state index contributed by atoms with van der Waals surface area (Å²) in [5.74, 6) is 0.708. The Hall–Kier alpha value is -0.835. The van der Waals surface area contributed by atoms with Crippen molar-refractivity contribution < 1.29 is 9.31 Å². The van der Waals surface area contributed by atoms with E-state index in [0.717, 1.165) is 11.5 Å². The molecule has 2 saturated heterocycles. The third-order valence-corrected chi connectivity index (χ3v) is 7.30. The number of rotatable bonds is 3. The zero-order valence-corrected chi connectivity index (χ0v) is 17.0. The van der Waals surface area contributed by atoms with Crippen molar-refractivity contribution in [2.24, 2.45) is 0 Å². The maximum atomic E-state index is 6.18. The second-order valence-corrected chi connectivity index (χ2v) is 9.50. The third-order valence-electron chi connectivity index (χ3n) is 7.30. The molecule has 3 aliphatic rings. The highest BCUT2D eigenvalue weighted by molar-refractivity contribution is 6.62. The Morgan fingerprint density at radius 1 is 0.846 bits per heavy atom. The summed E-state index contributed by atoms with van der Waals surface area (Å²) in [6.45, 7) is 11.0. The smallest absolute Gasteiger partial charge is 0.399 e. The van der Waals surface area contributed by atoms with Crippen LogP contribution in [0.1, 0.15) is 77.7 Å². The molecule has 0 bridgehead atoms. The van der Waals surface area contributed by atoms with E-state index in [0.29, 0.717) is 5.92 Å². The molecule has 0 spiro atoms. The minimum absolute atomic E-state index is 0.252. The Morgan fingerprint density at radius 2 is 1.38 bits per heavy atom. The Labute approximate surface area is 159 Å². The van der Waals surface area contributed by atoms with E-state index in [2.05, 4.69) is 56.9 Å². The van der Waals surface area contributed by atoms with Crippen molar-refractivity contribution in [3.63, 3.8) is 0 Å². The molecule has 3 fully saturated rings.